The first-order valence-corrected chi connectivity index (χ1v) is 9.63. The second-order valence-corrected chi connectivity index (χ2v) is 7.43. The number of halogens is 3. The van der Waals surface area contributed by atoms with Crippen LogP contribution in [0.3, 0.4) is 0 Å². The van der Waals surface area contributed by atoms with Gasteiger partial charge in [0.1, 0.15) is 12.5 Å². The lowest BCUT2D eigenvalue weighted by molar-refractivity contribution is 0.147. The maximum Gasteiger partial charge on any atom is 0.411 e. The SMILES string of the molecule is CN1CCCC1CCOC(=O)Nc1ccc(Cl)cc1-c1cc(F)cc(CF)c1. The first-order valence-electron chi connectivity index (χ1n) is 9.25. The fraction of sp³-hybridized carbons (Fsp3) is 0.381. The molecule has 28 heavy (non-hydrogen) atoms. The standard InChI is InChI=1S/C21H23ClF2N2O2/c1-26-7-2-3-18(26)6-8-28-21(27)25-20-5-4-16(22)12-19(20)15-9-14(13-23)10-17(24)11-15/h4-5,9-12,18H,2-3,6-8,13H2,1H3,(H,25,27). The number of amides is 1. The predicted molar refractivity (Wildman–Crippen MR) is 107 cm³/mol. The Morgan fingerprint density at radius 3 is 2.86 bits per heavy atom. The lowest BCUT2D eigenvalue weighted by Crippen LogP contribution is -2.27. The van der Waals surface area contributed by atoms with Crippen LogP contribution in [0.25, 0.3) is 11.1 Å². The number of hydrogen-bond acceptors (Lipinski definition) is 3. The average molecular weight is 409 g/mol. The van der Waals surface area contributed by atoms with Crippen LogP contribution >= 0.6 is 11.6 Å². The molecule has 1 aliphatic heterocycles. The van der Waals surface area contributed by atoms with Crippen molar-refractivity contribution in [3.63, 3.8) is 0 Å². The number of hydrogen-bond donors (Lipinski definition) is 1. The number of carbonyl (C=O) groups excluding carboxylic acids is 1. The molecule has 1 amide bonds. The van der Waals surface area contributed by atoms with E-state index in [-0.39, 0.29) is 5.56 Å². The van der Waals surface area contributed by atoms with Gasteiger partial charge in [0.05, 0.1) is 12.3 Å². The second-order valence-electron chi connectivity index (χ2n) is 7.00. The fourth-order valence-electron chi connectivity index (χ4n) is 3.53. The zero-order valence-corrected chi connectivity index (χ0v) is 16.4. The van der Waals surface area contributed by atoms with Gasteiger partial charge >= 0.3 is 6.09 Å². The Morgan fingerprint density at radius 1 is 1.32 bits per heavy atom. The summed E-state index contributed by atoms with van der Waals surface area (Å²) in [6, 6.07) is 9.20. The third-order valence-electron chi connectivity index (χ3n) is 5.00. The molecule has 2 aromatic carbocycles. The molecular weight excluding hydrogens is 386 g/mol. The predicted octanol–water partition coefficient (Wildman–Crippen LogP) is 5.65. The molecule has 1 aliphatic rings. The Kier molecular flexibility index (Phi) is 6.86. The van der Waals surface area contributed by atoms with Gasteiger partial charge in [0.2, 0.25) is 0 Å². The first kappa shape index (κ1) is 20.6. The molecule has 1 heterocycles. The average Bonchev–Trinajstić information content (AvgIpc) is 3.07. The van der Waals surface area contributed by atoms with E-state index >= 15 is 0 Å². The van der Waals surface area contributed by atoms with E-state index in [9.17, 15) is 13.6 Å². The van der Waals surface area contributed by atoms with Crippen LogP contribution < -0.4 is 5.32 Å². The van der Waals surface area contributed by atoms with E-state index in [1.54, 1.807) is 18.2 Å². The second kappa shape index (κ2) is 9.34. The van der Waals surface area contributed by atoms with Crippen LogP contribution in [0.2, 0.25) is 5.02 Å². The highest BCUT2D eigenvalue weighted by Crippen LogP contribution is 2.32. The van der Waals surface area contributed by atoms with Crippen LogP contribution in [-0.2, 0) is 11.4 Å². The van der Waals surface area contributed by atoms with Crippen molar-refractivity contribution in [1.82, 2.24) is 4.90 Å². The minimum Gasteiger partial charge on any atom is -0.449 e. The summed E-state index contributed by atoms with van der Waals surface area (Å²) in [5.74, 6) is -0.556. The molecule has 0 aromatic heterocycles. The number of anilines is 1. The molecule has 3 rings (SSSR count). The van der Waals surface area contributed by atoms with E-state index < -0.39 is 18.6 Å². The maximum absolute atomic E-state index is 13.8. The largest absolute Gasteiger partial charge is 0.449 e. The third kappa shape index (κ3) is 5.20. The molecule has 1 fully saturated rings. The van der Waals surface area contributed by atoms with Crippen molar-refractivity contribution in [2.75, 3.05) is 25.5 Å². The van der Waals surface area contributed by atoms with Crippen molar-refractivity contribution >= 4 is 23.4 Å². The molecule has 0 bridgehead atoms. The van der Waals surface area contributed by atoms with Crippen LogP contribution in [0.15, 0.2) is 36.4 Å². The highest BCUT2D eigenvalue weighted by atomic mass is 35.5. The molecule has 7 heteroatoms. The van der Waals surface area contributed by atoms with Gasteiger partial charge in [-0.2, -0.15) is 0 Å². The number of ether oxygens (including phenoxy) is 1. The summed E-state index contributed by atoms with van der Waals surface area (Å²) in [6.45, 7) is 0.598. The molecule has 0 spiro atoms. The van der Waals surface area contributed by atoms with Crippen molar-refractivity contribution in [3.8, 4) is 11.1 Å². The monoisotopic (exact) mass is 408 g/mol. The summed E-state index contributed by atoms with van der Waals surface area (Å²) >= 11 is 6.07. The van der Waals surface area contributed by atoms with Crippen LogP contribution in [0.1, 0.15) is 24.8 Å². The van der Waals surface area contributed by atoms with Crippen molar-refractivity contribution < 1.29 is 18.3 Å². The van der Waals surface area contributed by atoms with Gasteiger partial charge in [-0.15, -0.1) is 0 Å². The van der Waals surface area contributed by atoms with Gasteiger partial charge < -0.3 is 9.64 Å². The van der Waals surface area contributed by atoms with E-state index in [4.69, 9.17) is 16.3 Å². The molecule has 1 N–H and O–H groups in total. The molecule has 0 saturated carbocycles. The van der Waals surface area contributed by atoms with E-state index in [1.807, 2.05) is 0 Å². The fourth-order valence-corrected chi connectivity index (χ4v) is 3.70. The van der Waals surface area contributed by atoms with Crippen LogP contribution in [0, 0.1) is 5.82 Å². The Bertz CT molecular complexity index is 847. The quantitative estimate of drug-likeness (QED) is 0.671. The van der Waals surface area contributed by atoms with Gasteiger partial charge in [0.25, 0.3) is 0 Å². The molecule has 0 radical (unpaired) electrons. The Hall–Kier alpha value is -2.18. The van der Waals surface area contributed by atoms with Gasteiger partial charge in [-0.1, -0.05) is 11.6 Å². The van der Waals surface area contributed by atoms with Crippen LogP contribution in [0.4, 0.5) is 19.3 Å². The summed E-state index contributed by atoms with van der Waals surface area (Å²) < 4.78 is 32.1. The first-order chi connectivity index (χ1) is 13.5. The maximum atomic E-state index is 13.8. The molecule has 4 nitrogen and oxygen atoms in total. The minimum atomic E-state index is -0.786. The number of benzene rings is 2. The normalized spacial score (nSPS) is 16.9. The Balaban J connectivity index is 1.70. The van der Waals surface area contributed by atoms with Crippen molar-refractivity contribution in [1.29, 1.82) is 0 Å². The molecule has 1 unspecified atom stereocenters. The van der Waals surface area contributed by atoms with E-state index in [2.05, 4.69) is 17.3 Å². The lowest BCUT2D eigenvalue weighted by atomic mass is 10.0. The number of alkyl halides is 1. The van der Waals surface area contributed by atoms with Crippen LogP contribution in [0.5, 0.6) is 0 Å². The highest BCUT2D eigenvalue weighted by Gasteiger charge is 2.21. The van der Waals surface area contributed by atoms with Crippen molar-refractivity contribution in [3.05, 3.63) is 52.8 Å². The van der Waals surface area contributed by atoms with Gasteiger partial charge in [0, 0.05) is 16.6 Å². The van der Waals surface area contributed by atoms with Gasteiger partial charge in [-0.05, 0) is 80.4 Å². The molecule has 2 aromatic rings. The molecule has 1 atom stereocenters. The summed E-state index contributed by atoms with van der Waals surface area (Å²) in [5, 5.41) is 3.10. The van der Waals surface area contributed by atoms with E-state index in [0.717, 1.165) is 31.9 Å². The molecule has 150 valence electrons. The minimum absolute atomic E-state index is 0.212. The Labute approximate surface area is 168 Å². The van der Waals surface area contributed by atoms with Crippen molar-refractivity contribution in [2.24, 2.45) is 0 Å². The van der Waals surface area contributed by atoms with Gasteiger partial charge in [-0.3, -0.25) is 5.32 Å². The highest BCUT2D eigenvalue weighted by molar-refractivity contribution is 6.31. The topological polar surface area (TPSA) is 41.6 Å². The third-order valence-corrected chi connectivity index (χ3v) is 5.23. The summed E-state index contributed by atoms with van der Waals surface area (Å²) in [7, 11) is 2.07. The number of nitrogens with one attached hydrogen (secondary N) is 1. The number of likely N-dealkylation sites (tertiary alicyclic amines) is 1. The van der Waals surface area contributed by atoms with E-state index in [0.29, 0.717) is 34.5 Å². The zero-order valence-electron chi connectivity index (χ0n) is 15.7. The van der Waals surface area contributed by atoms with E-state index in [1.165, 1.54) is 12.1 Å². The van der Waals surface area contributed by atoms with Gasteiger partial charge in [0.15, 0.2) is 0 Å². The van der Waals surface area contributed by atoms with Gasteiger partial charge in [-0.25, -0.2) is 13.6 Å². The molecule has 1 saturated heterocycles. The smallest absolute Gasteiger partial charge is 0.411 e. The number of carbonyl (C=O) groups is 1. The summed E-state index contributed by atoms with van der Waals surface area (Å²) in [6.07, 6.45) is 2.46. The number of rotatable bonds is 6. The summed E-state index contributed by atoms with van der Waals surface area (Å²) in [4.78, 5) is 14.5. The molecular formula is C21H23ClF2N2O2. The summed E-state index contributed by atoms with van der Waals surface area (Å²) in [5.41, 5.74) is 1.55. The molecule has 0 aliphatic carbocycles. The van der Waals surface area contributed by atoms with Crippen LogP contribution in [-0.4, -0.2) is 37.2 Å². The lowest BCUT2D eigenvalue weighted by Gasteiger charge is -2.19. The Morgan fingerprint density at radius 2 is 2.14 bits per heavy atom. The number of nitrogens with zero attached hydrogens (tertiary/aromatic N) is 1. The van der Waals surface area contributed by atoms with Crippen molar-refractivity contribution in [2.45, 2.75) is 32.0 Å². The zero-order chi connectivity index (χ0) is 20.1.